The van der Waals surface area contributed by atoms with Gasteiger partial charge in [-0.1, -0.05) is 38.2 Å². The minimum absolute atomic E-state index is 0.0508. The van der Waals surface area contributed by atoms with E-state index in [0.717, 1.165) is 6.08 Å². The molecule has 1 heterocycles. The van der Waals surface area contributed by atoms with Crippen molar-refractivity contribution >= 4 is 29.7 Å². The van der Waals surface area contributed by atoms with Gasteiger partial charge in [0.05, 0.1) is 23.6 Å². The van der Waals surface area contributed by atoms with Crippen LogP contribution < -0.4 is 16.4 Å². The summed E-state index contributed by atoms with van der Waals surface area (Å²) in [6, 6.07) is 0. The van der Waals surface area contributed by atoms with Gasteiger partial charge in [0.15, 0.2) is 6.10 Å². The third kappa shape index (κ3) is 8.96. The van der Waals surface area contributed by atoms with Crippen LogP contribution in [0.2, 0.25) is 0 Å². The van der Waals surface area contributed by atoms with Gasteiger partial charge in [-0.3, -0.25) is 19.7 Å². The Balaban J connectivity index is 2.64. The molecule has 230 valence electrons. The SMILES string of the molecule is CO[C@H]1/C=C/C=C(/C)C(=O)NC2=CC(=O)C(NC(=O)O)=C(C[C@@H](C)C[C@H](OC)[C@H](O)[C@@H](C)/C=C(\C)[C@@H]1OC(N)=O)C2=O. The molecular formula is C29H39N3O10. The lowest BCUT2D eigenvalue weighted by atomic mass is 9.85. The third-order valence-electron chi connectivity index (χ3n) is 7.03. The summed E-state index contributed by atoms with van der Waals surface area (Å²) in [5, 5.41) is 24.9. The Morgan fingerprint density at radius 3 is 2.36 bits per heavy atom. The van der Waals surface area contributed by atoms with Crippen molar-refractivity contribution in [1.29, 1.82) is 0 Å². The van der Waals surface area contributed by atoms with E-state index in [1.165, 1.54) is 39.4 Å². The third-order valence-corrected chi connectivity index (χ3v) is 7.03. The Morgan fingerprint density at radius 2 is 1.79 bits per heavy atom. The van der Waals surface area contributed by atoms with Crippen LogP contribution >= 0.6 is 0 Å². The number of hydrogen-bond acceptors (Lipinski definition) is 9. The summed E-state index contributed by atoms with van der Waals surface area (Å²) >= 11 is 0. The minimum atomic E-state index is -1.53. The average molecular weight is 590 g/mol. The molecular weight excluding hydrogens is 550 g/mol. The number of ether oxygens (including phenoxy) is 3. The molecule has 0 saturated heterocycles. The Kier molecular flexibility index (Phi) is 12.4. The van der Waals surface area contributed by atoms with Crippen LogP contribution in [0.25, 0.3) is 0 Å². The molecule has 2 rings (SSSR count). The molecule has 13 nitrogen and oxygen atoms in total. The summed E-state index contributed by atoms with van der Waals surface area (Å²) < 4.78 is 16.4. The first-order valence-corrected chi connectivity index (χ1v) is 13.3. The second-order valence-corrected chi connectivity index (χ2v) is 10.4. The molecule has 0 unspecified atom stereocenters. The zero-order valence-corrected chi connectivity index (χ0v) is 24.5. The lowest BCUT2D eigenvalue weighted by molar-refractivity contribution is -0.120. The largest absolute Gasteiger partial charge is 0.465 e. The highest BCUT2D eigenvalue weighted by molar-refractivity contribution is 6.24. The second kappa shape index (κ2) is 15.2. The van der Waals surface area contributed by atoms with Gasteiger partial charge in [-0.05, 0) is 38.2 Å². The summed E-state index contributed by atoms with van der Waals surface area (Å²) in [7, 11) is 2.82. The molecule has 6 atom stereocenters. The number of fused-ring (bicyclic) bond motifs is 2. The lowest BCUT2D eigenvalue weighted by Gasteiger charge is -2.30. The van der Waals surface area contributed by atoms with Gasteiger partial charge in [-0.2, -0.15) is 0 Å². The average Bonchev–Trinajstić information content (AvgIpc) is 2.91. The van der Waals surface area contributed by atoms with Crippen LogP contribution in [-0.2, 0) is 28.6 Å². The van der Waals surface area contributed by atoms with Crippen molar-refractivity contribution in [2.75, 3.05) is 14.2 Å². The quantitative estimate of drug-likeness (QED) is 0.238. The highest BCUT2D eigenvalue weighted by atomic mass is 16.6. The maximum Gasteiger partial charge on any atom is 0.409 e. The number of nitrogens with one attached hydrogen (secondary N) is 2. The summed E-state index contributed by atoms with van der Waals surface area (Å²) in [5.74, 6) is -3.08. The second-order valence-electron chi connectivity index (χ2n) is 10.4. The topological polar surface area (TPSA) is 204 Å². The van der Waals surface area contributed by atoms with Crippen molar-refractivity contribution in [3.63, 3.8) is 0 Å². The number of methoxy groups -OCH3 is 2. The molecule has 0 fully saturated rings. The molecule has 0 aromatic rings. The van der Waals surface area contributed by atoms with Crippen LogP contribution in [0.1, 0.15) is 40.5 Å². The molecule has 1 aliphatic carbocycles. The van der Waals surface area contributed by atoms with Gasteiger partial charge in [0.2, 0.25) is 11.6 Å². The number of Topliss-reactive ketones (excluding diaryl/α,β-unsaturated/α-hetero) is 1. The lowest BCUT2D eigenvalue weighted by Crippen LogP contribution is -2.38. The van der Waals surface area contributed by atoms with Crippen LogP contribution in [0, 0.1) is 11.8 Å². The van der Waals surface area contributed by atoms with Crippen LogP contribution in [0.4, 0.5) is 9.59 Å². The molecule has 0 radical (unpaired) electrons. The predicted molar refractivity (Wildman–Crippen MR) is 151 cm³/mol. The molecule has 13 heteroatoms. The van der Waals surface area contributed by atoms with E-state index in [9.17, 15) is 34.2 Å². The first-order chi connectivity index (χ1) is 19.7. The number of carboxylic acid groups (broad SMARTS) is 1. The number of primary amides is 1. The fourth-order valence-electron chi connectivity index (χ4n) is 4.83. The van der Waals surface area contributed by atoms with E-state index in [-0.39, 0.29) is 35.6 Å². The highest BCUT2D eigenvalue weighted by Gasteiger charge is 2.34. The number of amides is 3. The van der Waals surface area contributed by atoms with Crippen LogP contribution in [0.3, 0.4) is 0 Å². The van der Waals surface area contributed by atoms with Gasteiger partial charge < -0.3 is 35.5 Å². The first kappa shape index (κ1) is 34.1. The highest BCUT2D eigenvalue weighted by Crippen LogP contribution is 2.28. The van der Waals surface area contributed by atoms with Crippen LogP contribution in [0.5, 0.6) is 0 Å². The Morgan fingerprint density at radius 1 is 1.12 bits per heavy atom. The standard InChI is InChI=1S/C29H39N3O10/c1-14-10-18-23(32-29(38)39)20(33)13-19(25(18)35)31-27(36)15(2)8-7-9-21(40-5)26(42-28(30)37)17(4)12-16(3)24(34)22(11-14)41-6/h7-9,12-14,16,21-22,24,26,32,34H,10-11H2,1-6H3,(H2,30,37)(H,31,36)(H,38,39)/b9-7+,15-8-,17-12+/t14-,16+,21+,22+,24-,26+/m1/s1. The molecule has 0 saturated carbocycles. The van der Waals surface area contributed by atoms with Gasteiger partial charge in [0.1, 0.15) is 6.10 Å². The van der Waals surface area contributed by atoms with E-state index in [1.807, 2.05) is 5.32 Å². The maximum absolute atomic E-state index is 13.4. The molecule has 1 aliphatic heterocycles. The van der Waals surface area contributed by atoms with E-state index in [0.29, 0.717) is 5.57 Å². The van der Waals surface area contributed by atoms with Gasteiger partial charge in [0, 0.05) is 37.4 Å². The smallest absolute Gasteiger partial charge is 0.409 e. The zero-order chi connectivity index (χ0) is 31.7. The van der Waals surface area contributed by atoms with E-state index in [1.54, 1.807) is 26.8 Å². The number of aliphatic hydroxyl groups excluding tert-OH is 1. The van der Waals surface area contributed by atoms with E-state index >= 15 is 0 Å². The zero-order valence-electron chi connectivity index (χ0n) is 24.5. The number of allylic oxidation sites excluding steroid dienone is 4. The molecule has 0 aromatic heterocycles. The van der Waals surface area contributed by atoms with Crippen LogP contribution in [0.15, 0.2) is 58.5 Å². The Bertz CT molecular complexity index is 1250. The fraction of sp³-hybridized carbons (Fsp3) is 0.483. The number of nitrogens with two attached hydrogens (primary N) is 1. The molecule has 3 amide bonds. The van der Waals surface area contributed by atoms with Crippen molar-refractivity contribution in [2.45, 2.75) is 65.0 Å². The van der Waals surface area contributed by atoms with Gasteiger partial charge >= 0.3 is 12.2 Å². The van der Waals surface area contributed by atoms with Crippen molar-refractivity contribution in [3.05, 3.63) is 58.5 Å². The summed E-state index contributed by atoms with van der Waals surface area (Å²) in [6.07, 6.45) is 1.09. The van der Waals surface area contributed by atoms with E-state index < -0.39 is 65.7 Å². The summed E-state index contributed by atoms with van der Waals surface area (Å²) in [4.78, 5) is 62.2. The number of carbonyl (C=O) groups is 5. The van der Waals surface area contributed by atoms with Gasteiger partial charge in [0.25, 0.3) is 5.91 Å². The monoisotopic (exact) mass is 589 g/mol. The number of carbonyl (C=O) groups excluding carboxylic acids is 4. The maximum atomic E-state index is 13.4. The van der Waals surface area contributed by atoms with E-state index in [4.69, 9.17) is 19.9 Å². The van der Waals surface area contributed by atoms with Crippen molar-refractivity contribution < 1.29 is 48.4 Å². The van der Waals surface area contributed by atoms with Crippen LogP contribution in [-0.4, -0.2) is 78.5 Å². The molecule has 0 spiro atoms. The minimum Gasteiger partial charge on any atom is -0.465 e. The molecule has 6 N–H and O–H groups in total. The number of hydrogen-bond donors (Lipinski definition) is 5. The van der Waals surface area contributed by atoms with Gasteiger partial charge in [-0.25, -0.2) is 9.59 Å². The predicted octanol–water partition coefficient (Wildman–Crippen LogP) is 2.03. The fourth-order valence-corrected chi connectivity index (χ4v) is 4.83. The number of rotatable bonds is 4. The van der Waals surface area contributed by atoms with E-state index in [2.05, 4.69) is 5.32 Å². The molecule has 0 aromatic carbocycles. The normalized spacial score (nSPS) is 31.6. The van der Waals surface area contributed by atoms with Crippen molar-refractivity contribution in [2.24, 2.45) is 17.6 Å². The van der Waals surface area contributed by atoms with Crippen molar-refractivity contribution in [1.82, 2.24) is 10.6 Å². The van der Waals surface area contributed by atoms with Crippen molar-refractivity contribution in [3.8, 4) is 0 Å². The van der Waals surface area contributed by atoms with Gasteiger partial charge in [-0.15, -0.1) is 0 Å². The Labute approximate surface area is 244 Å². The molecule has 2 bridgehead atoms. The molecule has 2 aliphatic rings. The number of aliphatic hydroxyl groups is 1. The Hall–Kier alpha value is -4.07. The number of ketones is 2. The molecule has 42 heavy (non-hydrogen) atoms. The summed E-state index contributed by atoms with van der Waals surface area (Å²) in [6.45, 7) is 6.67. The summed E-state index contributed by atoms with van der Waals surface area (Å²) in [5.41, 5.74) is 5.19. The first-order valence-electron chi connectivity index (χ1n) is 13.3.